The molecule has 0 aliphatic rings. The van der Waals surface area contributed by atoms with E-state index in [0.717, 1.165) is 0 Å². The molecule has 0 aliphatic carbocycles. The van der Waals surface area contributed by atoms with Crippen LogP contribution in [0, 0.1) is 0 Å². The number of hydrogen-bond acceptors (Lipinski definition) is 10. The van der Waals surface area contributed by atoms with Crippen LogP contribution in [0.2, 0.25) is 0 Å². The molecule has 14 heteroatoms. The van der Waals surface area contributed by atoms with Crippen molar-refractivity contribution in [3.63, 3.8) is 0 Å². The average molecular weight is 280 g/mol. The summed E-state index contributed by atoms with van der Waals surface area (Å²) in [4.78, 5) is 48.6. The second-order valence-corrected chi connectivity index (χ2v) is 5.49. The van der Waals surface area contributed by atoms with Gasteiger partial charge in [0.2, 0.25) is 0 Å². The molecule has 0 spiro atoms. The Balaban J connectivity index is 0. The predicted octanol–water partition coefficient (Wildman–Crippen LogP) is -4.24. The van der Waals surface area contributed by atoms with Crippen molar-refractivity contribution in [2.45, 2.75) is 0 Å². The molecule has 0 aliphatic heterocycles. The maximum atomic E-state index is 10.1. The summed E-state index contributed by atoms with van der Waals surface area (Å²) in [7, 11) is -17.9. The normalized spacial score (nSPS) is 13.5. The molecule has 0 amide bonds. The first-order valence-corrected chi connectivity index (χ1v) is 6.57. The minimum atomic E-state index is -5.97. The number of phosphoric acid groups is 3. The first kappa shape index (κ1) is 17.3. The second kappa shape index (κ2) is 5.32. The van der Waals surface area contributed by atoms with Crippen LogP contribution in [0.4, 0.5) is 0 Å². The summed E-state index contributed by atoms with van der Waals surface area (Å²) in [5.74, 6) is 0. The molecule has 80 valence electrons. The second-order valence-electron chi connectivity index (χ2n) is 1.50. The average Bonchev–Trinajstić information content (AvgIpc) is 1.43. The van der Waals surface area contributed by atoms with Crippen molar-refractivity contribution in [1.29, 1.82) is 0 Å². The summed E-state index contributed by atoms with van der Waals surface area (Å²) in [5.41, 5.74) is 0. The van der Waals surface area contributed by atoms with Gasteiger partial charge in [0.15, 0.2) is 0 Å². The zero-order chi connectivity index (χ0) is 10.9. The zero-order valence-corrected chi connectivity index (χ0v) is 9.84. The maximum Gasteiger partial charge on any atom is 3.00 e. The molecule has 0 radical (unpaired) electrons. The van der Waals surface area contributed by atoms with E-state index in [1.54, 1.807) is 0 Å². The molecular formula is AlO10P3-2. The van der Waals surface area contributed by atoms with E-state index in [1.807, 2.05) is 0 Å². The summed E-state index contributed by atoms with van der Waals surface area (Å²) < 4.78 is 34.7. The SMILES string of the molecule is O=P([O-])([O-])OP(=O)([O-])OP(=O)([O-])[O-].[Al+3]. The van der Waals surface area contributed by atoms with Crippen molar-refractivity contribution < 1.29 is 46.8 Å². The van der Waals surface area contributed by atoms with Gasteiger partial charge in [-0.1, -0.05) is 0 Å². The van der Waals surface area contributed by atoms with Gasteiger partial charge in [-0.05, 0) is 0 Å². The number of rotatable bonds is 4. The summed E-state index contributed by atoms with van der Waals surface area (Å²) in [5, 5.41) is 0. The molecule has 0 fully saturated rings. The predicted molar refractivity (Wildman–Crippen MR) is 30.7 cm³/mol. The van der Waals surface area contributed by atoms with Gasteiger partial charge in [-0.2, -0.15) is 0 Å². The Hall–Kier alpha value is 0.942. The quantitative estimate of drug-likeness (QED) is 0.360. The summed E-state index contributed by atoms with van der Waals surface area (Å²) in [6, 6.07) is 0. The Morgan fingerprint density at radius 1 is 0.714 bits per heavy atom. The van der Waals surface area contributed by atoms with Gasteiger partial charge in [0.25, 0.3) is 7.82 Å². The van der Waals surface area contributed by atoms with E-state index in [4.69, 9.17) is 0 Å². The molecule has 0 heterocycles. The van der Waals surface area contributed by atoms with Crippen molar-refractivity contribution in [3.05, 3.63) is 0 Å². The van der Waals surface area contributed by atoms with Crippen LogP contribution in [0.25, 0.3) is 0 Å². The van der Waals surface area contributed by atoms with E-state index in [1.165, 1.54) is 0 Å². The van der Waals surface area contributed by atoms with Crippen molar-refractivity contribution in [3.8, 4) is 0 Å². The molecule has 0 saturated carbocycles. The molecule has 0 rings (SSSR count). The van der Waals surface area contributed by atoms with E-state index < -0.39 is 23.5 Å². The van der Waals surface area contributed by atoms with E-state index in [2.05, 4.69) is 8.62 Å². The monoisotopic (exact) mass is 280 g/mol. The molecule has 0 N–H and O–H groups in total. The van der Waals surface area contributed by atoms with Crippen LogP contribution in [-0.2, 0) is 22.3 Å². The van der Waals surface area contributed by atoms with E-state index in [-0.39, 0.29) is 17.4 Å². The molecule has 0 saturated heterocycles. The Morgan fingerprint density at radius 2 is 0.929 bits per heavy atom. The topological polar surface area (TPSA) is 185 Å². The molecule has 0 atom stereocenters. The van der Waals surface area contributed by atoms with Crippen molar-refractivity contribution >= 4 is 40.8 Å². The molecule has 0 bridgehead atoms. The van der Waals surface area contributed by atoms with Crippen molar-refractivity contribution in [2.75, 3.05) is 0 Å². The third-order valence-corrected chi connectivity index (χ3v) is 3.60. The first-order valence-electron chi connectivity index (χ1n) is 2.19. The van der Waals surface area contributed by atoms with Crippen LogP contribution in [-0.4, -0.2) is 17.4 Å². The van der Waals surface area contributed by atoms with Crippen LogP contribution in [0.15, 0.2) is 0 Å². The Bertz CT molecular complexity index is 277. The van der Waals surface area contributed by atoms with Gasteiger partial charge < -0.3 is 33.6 Å². The van der Waals surface area contributed by atoms with E-state index in [9.17, 15) is 38.2 Å². The first-order chi connectivity index (χ1) is 5.41. The zero-order valence-electron chi connectivity index (χ0n) is 6.00. The standard InChI is InChI=1S/Al.H5O10P3/c;1-11(2,3)9-13(7,8)10-12(4,5)6/h;(H,7,8)(H2,1,2,3)(H2,4,5,6)/q+3;/p-5. The molecule has 0 aromatic rings. The largest absolute Gasteiger partial charge is 3.00 e. The molecule has 0 aromatic heterocycles. The van der Waals surface area contributed by atoms with Crippen LogP contribution in [0.3, 0.4) is 0 Å². The smallest absolute Gasteiger partial charge is 0.790 e. The van der Waals surface area contributed by atoms with Crippen LogP contribution < -0.4 is 24.5 Å². The van der Waals surface area contributed by atoms with Gasteiger partial charge in [0.1, 0.15) is 0 Å². The summed E-state index contributed by atoms with van der Waals surface area (Å²) in [6.45, 7) is 0. The molecule has 0 aromatic carbocycles. The van der Waals surface area contributed by atoms with Crippen LogP contribution in [0.1, 0.15) is 0 Å². The fraction of sp³-hybridized carbons (Fsp3) is 0. The van der Waals surface area contributed by atoms with Gasteiger partial charge in [0, 0.05) is 0 Å². The van der Waals surface area contributed by atoms with Gasteiger partial charge in [-0.3, -0.25) is 13.2 Å². The Morgan fingerprint density at radius 3 is 1.07 bits per heavy atom. The third kappa shape index (κ3) is 11.0. The Labute approximate surface area is 88.1 Å². The van der Waals surface area contributed by atoms with Crippen LogP contribution in [0.5, 0.6) is 0 Å². The van der Waals surface area contributed by atoms with E-state index >= 15 is 0 Å². The van der Waals surface area contributed by atoms with Gasteiger partial charge in [0.05, 0.1) is 15.6 Å². The van der Waals surface area contributed by atoms with Gasteiger partial charge in [-0.15, -0.1) is 0 Å². The third-order valence-electron chi connectivity index (χ3n) is 0.400. The van der Waals surface area contributed by atoms with Crippen molar-refractivity contribution in [2.24, 2.45) is 0 Å². The fourth-order valence-electron chi connectivity index (χ4n) is 0.260. The van der Waals surface area contributed by atoms with Gasteiger partial charge in [-0.25, -0.2) is 0 Å². The summed E-state index contributed by atoms with van der Waals surface area (Å²) >= 11 is 0. The minimum Gasteiger partial charge on any atom is -0.790 e. The van der Waals surface area contributed by atoms with Crippen LogP contribution >= 0.6 is 23.5 Å². The molecular weight excluding hydrogens is 280 g/mol. The fourth-order valence-corrected chi connectivity index (χ4v) is 2.61. The van der Waals surface area contributed by atoms with Crippen molar-refractivity contribution in [1.82, 2.24) is 0 Å². The molecule has 14 heavy (non-hydrogen) atoms. The minimum absolute atomic E-state index is 0. The number of hydrogen-bond donors (Lipinski definition) is 0. The Kier molecular flexibility index (Phi) is 6.60. The summed E-state index contributed by atoms with van der Waals surface area (Å²) in [6.07, 6.45) is 0. The van der Waals surface area contributed by atoms with E-state index in [0.29, 0.717) is 0 Å². The maximum absolute atomic E-state index is 10.1. The molecule has 10 nitrogen and oxygen atoms in total. The molecule has 0 unspecified atom stereocenters. The van der Waals surface area contributed by atoms with Gasteiger partial charge >= 0.3 is 17.4 Å².